The fourth-order valence-corrected chi connectivity index (χ4v) is 9.45. The maximum Gasteiger partial charge on any atom is 0.325 e. The minimum absolute atomic E-state index is 0.0470. The van der Waals surface area contributed by atoms with Crippen LogP contribution in [0.1, 0.15) is 12.5 Å². The van der Waals surface area contributed by atoms with Crippen LogP contribution in [-0.2, 0) is 51.2 Å². The lowest BCUT2D eigenvalue weighted by molar-refractivity contribution is -0.0608. The number of aromatic nitrogens is 5. The molecule has 46 heavy (non-hydrogen) atoms. The molecule has 248 valence electrons. The maximum absolute atomic E-state index is 13.0. The summed E-state index contributed by atoms with van der Waals surface area (Å²) in [5.41, 5.74) is 6.88. The van der Waals surface area contributed by atoms with Gasteiger partial charge in [-0.25, -0.2) is 15.0 Å². The van der Waals surface area contributed by atoms with Gasteiger partial charge in [0, 0.05) is 0 Å². The Hall–Kier alpha value is -1.26. The van der Waals surface area contributed by atoms with Gasteiger partial charge in [0.25, 0.3) is 0 Å². The Balaban J connectivity index is 1.21. The zero-order valence-electron chi connectivity index (χ0n) is 22.7. The molecule has 3 fully saturated rings. The summed E-state index contributed by atoms with van der Waals surface area (Å²) in [7, 11) is 0. The van der Waals surface area contributed by atoms with Crippen molar-refractivity contribution in [3.05, 3.63) is 44.5 Å². The minimum Gasteiger partial charge on any atom is -0.387 e. The molecule has 1 aromatic carbocycles. The van der Waals surface area contributed by atoms with Gasteiger partial charge in [-0.3, -0.25) is 18.4 Å². The van der Waals surface area contributed by atoms with E-state index in [2.05, 4.69) is 15.0 Å². The SMILES string of the molecule is Nc1ncnc2c1sc(=O)n2[C@@H]1O[C@@H]2COP(O)(=S)O[C@@H]3[C@H](O)[C@@H](COP(O)(=S)O[C@H]2[C@H]1O)O[C@H]3n1cnc2cc(Cl)c(Cl)cc21. The normalized spacial score (nSPS) is 37.2. The second kappa shape index (κ2) is 12.3. The second-order valence-electron chi connectivity index (χ2n) is 10.3. The van der Waals surface area contributed by atoms with E-state index in [4.69, 9.17) is 80.1 Å². The van der Waals surface area contributed by atoms with Crippen LogP contribution in [0.4, 0.5) is 5.82 Å². The average molecular weight is 776 g/mol. The number of anilines is 1. The number of aliphatic hydroxyl groups excluding tert-OH is 2. The molecule has 3 aliphatic heterocycles. The minimum atomic E-state index is -4.22. The molecule has 0 aliphatic carbocycles. The van der Waals surface area contributed by atoms with E-state index in [1.165, 1.54) is 23.0 Å². The van der Waals surface area contributed by atoms with Crippen LogP contribution in [0.3, 0.4) is 0 Å². The molecule has 3 saturated heterocycles. The number of benzene rings is 1. The third-order valence-electron chi connectivity index (χ3n) is 7.51. The van der Waals surface area contributed by atoms with Crippen molar-refractivity contribution in [3.63, 3.8) is 0 Å². The van der Waals surface area contributed by atoms with E-state index in [0.29, 0.717) is 11.0 Å². The number of rotatable bonds is 2. The van der Waals surface area contributed by atoms with Crippen molar-refractivity contribution in [1.29, 1.82) is 0 Å². The Kier molecular flexibility index (Phi) is 8.86. The Labute approximate surface area is 281 Å². The lowest BCUT2D eigenvalue weighted by atomic mass is 10.1. The van der Waals surface area contributed by atoms with Crippen LogP contribution in [0.25, 0.3) is 21.4 Å². The van der Waals surface area contributed by atoms with Gasteiger partial charge in [0.1, 0.15) is 53.5 Å². The van der Waals surface area contributed by atoms with Crippen molar-refractivity contribution in [3.8, 4) is 0 Å². The van der Waals surface area contributed by atoms with Crippen LogP contribution in [0.5, 0.6) is 0 Å². The first-order chi connectivity index (χ1) is 21.7. The van der Waals surface area contributed by atoms with Gasteiger partial charge in [-0.05, 0) is 35.7 Å². The number of fused-ring (bicyclic) bond motifs is 5. The van der Waals surface area contributed by atoms with Crippen molar-refractivity contribution >= 4 is 98.8 Å². The molecule has 0 amide bonds. The van der Waals surface area contributed by atoms with E-state index >= 15 is 0 Å². The van der Waals surface area contributed by atoms with Crippen LogP contribution < -0.4 is 10.6 Å². The highest BCUT2D eigenvalue weighted by molar-refractivity contribution is 8.07. The zero-order valence-corrected chi connectivity index (χ0v) is 28.4. The van der Waals surface area contributed by atoms with Crippen molar-refractivity contribution in [2.24, 2.45) is 0 Å². The van der Waals surface area contributed by atoms with Crippen LogP contribution >= 0.6 is 48.0 Å². The quantitative estimate of drug-likeness (QED) is 0.182. The molecular formula is C22H22Cl2N6O11P2S3. The predicted octanol–water partition coefficient (Wildman–Crippen LogP) is 1.56. The lowest BCUT2D eigenvalue weighted by Gasteiger charge is -2.28. The van der Waals surface area contributed by atoms with Crippen LogP contribution in [0.15, 0.2) is 29.6 Å². The molecule has 4 aromatic rings. The number of nitrogen functional groups attached to an aromatic ring is 1. The summed E-state index contributed by atoms with van der Waals surface area (Å²) < 4.78 is 37.5. The van der Waals surface area contributed by atoms with Crippen molar-refractivity contribution in [2.45, 2.75) is 49.1 Å². The first-order valence-corrected chi connectivity index (χ1v) is 19.9. The molecule has 7 rings (SSSR count). The first-order valence-electron chi connectivity index (χ1n) is 13.1. The summed E-state index contributed by atoms with van der Waals surface area (Å²) in [6, 6.07) is 3.08. The number of halogens is 2. The van der Waals surface area contributed by atoms with Gasteiger partial charge in [-0.15, -0.1) is 0 Å². The molecule has 0 spiro atoms. The van der Waals surface area contributed by atoms with Crippen LogP contribution in [0.2, 0.25) is 10.0 Å². The standard InChI is InChI=1S/C22H22Cl2N6O11P2S3/c23-7-1-9-10(2-8(7)24)29(6-28-9)21-16-13(31)11(38-21)3-36-42(34,44)40-15-12(4-37-43(35,45)41-16)39-20(14(15)32)30-19-17(46-22(30)33)18(25)26-5-27-19/h1-2,5-6,11-16,20-21,31-32H,3-4H2,(H,34,44)(H,35,45)(H2,25,26,27)/t11-,12-,13-,14-,15-,16-,20-,21-,42?,43?/m1/s1. The fourth-order valence-electron chi connectivity index (χ4n) is 5.41. The molecule has 0 radical (unpaired) electrons. The monoisotopic (exact) mass is 774 g/mol. The molecule has 6 heterocycles. The highest BCUT2D eigenvalue weighted by Crippen LogP contribution is 2.54. The van der Waals surface area contributed by atoms with Gasteiger partial charge in [0.2, 0.25) is 0 Å². The molecule has 0 saturated carbocycles. The summed E-state index contributed by atoms with van der Waals surface area (Å²) >= 11 is 23.6. The van der Waals surface area contributed by atoms with Gasteiger partial charge in [-0.1, -0.05) is 34.5 Å². The Morgan fingerprint density at radius 3 is 2.33 bits per heavy atom. The molecule has 24 heteroatoms. The van der Waals surface area contributed by atoms with Crippen molar-refractivity contribution in [1.82, 2.24) is 24.1 Å². The summed E-state index contributed by atoms with van der Waals surface area (Å²) in [6.45, 7) is -9.51. The van der Waals surface area contributed by atoms with Gasteiger partial charge >= 0.3 is 18.3 Å². The summed E-state index contributed by atoms with van der Waals surface area (Å²) in [4.78, 5) is 46.8. The molecule has 6 N–H and O–H groups in total. The number of nitrogens with zero attached hydrogens (tertiary/aromatic N) is 5. The molecule has 3 aromatic heterocycles. The molecular weight excluding hydrogens is 753 g/mol. The smallest absolute Gasteiger partial charge is 0.325 e. The number of thiazole rings is 1. The number of hydrogen-bond acceptors (Lipinski definition) is 16. The molecule has 17 nitrogen and oxygen atoms in total. The number of imidazole rings is 1. The van der Waals surface area contributed by atoms with E-state index < -0.39 is 80.6 Å². The van der Waals surface area contributed by atoms with Crippen LogP contribution in [0, 0.1) is 0 Å². The average Bonchev–Trinajstić information content (AvgIpc) is 3.71. The first kappa shape index (κ1) is 33.2. The van der Waals surface area contributed by atoms with Gasteiger partial charge in [0.05, 0.1) is 40.6 Å². The van der Waals surface area contributed by atoms with E-state index in [1.807, 2.05) is 0 Å². The lowest BCUT2D eigenvalue weighted by Crippen LogP contribution is -2.37. The summed E-state index contributed by atoms with van der Waals surface area (Å²) in [5.74, 6) is 0.0470. The summed E-state index contributed by atoms with van der Waals surface area (Å²) in [6.07, 6.45) is -8.45. The van der Waals surface area contributed by atoms with Gasteiger partial charge in [-0.2, -0.15) is 0 Å². The van der Waals surface area contributed by atoms with Crippen molar-refractivity contribution < 1.29 is 47.6 Å². The number of ether oxygens (including phenoxy) is 2. The van der Waals surface area contributed by atoms with E-state index in [0.717, 1.165) is 22.2 Å². The highest BCUT2D eigenvalue weighted by atomic mass is 35.5. The topological polar surface area (TPSA) is 228 Å². The predicted molar refractivity (Wildman–Crippen MR) is 170 cm³/mol. The van der Waals surface area contributed by atoms with E-state index in [9.17, 15) is 24.8 Å². The number of aliphatic hydroxyl groups is 2. The number of hydrogen-bond donors (Lipinski definition) is 5. The molecule has 2 bridgehead atoms. The van der Waals surface area contributed by atoms with Crippen LogP contribution in [-0.4, -0.2) is 93.9 Å². The third-order valence-corrected chi connectivity index (χ3v) is 12.3. The molecule has 2 unspecified atom stereocenters. The summed E-state index contributed by atoms with van der Waals surface area (Å²) in [5, 5.41) is 23.0. The number of nitrogens with two attached hydrogens (primary N) is 1. The molecule has 10 atom stereocenters. The fraction of sp³-hybridized carbons (Fsp3) is 0.455. The maximum atomic E-state index is 13.0. The Morgan fingerprint density at radius 2 is 1.59 bits per heavy atom. The van der Waals surface area contributed by atoms with Crippen molar-refractivity contribution in [2.75, 3.05) is 18.9 Å². The zero-order chi connectivity index (χ0) is 32.7. The van der Waals surface area contributed by atoms with E-state index in [1.54, 1.807) is 0 Å². The van der Waals surface area contributed by atoms with E-state index in [-0.39, 0.29) is 26.2 Å². The third kappa shape index (κ3) is 5.96. The molecule has 3 aliphatic rings. The Bertz CT molecular complexity index is 2000. The highest BCUT2D eigenvalue weighted by Gasteiger charge is 2.52. The largest absolute Gasteiger partial charge is 0.387 e. The Morgan fingerprint density at radius 1 is 0.935 bits per heavy atom. The second-order valence-corrected chi connectivity index (χ2v) is 17.7. The van der Waals surface area contributed by atoms with Gasteiger partial charge in [0.15, 0.2) is 18.1 Å². The van der Waals surface area contributed by atoms with Gasteiger partial charge < -0.3 is 48.8 Å².